The van der Waals surface area contributed by atoms with Crippen molar-refractivity contribution in [1.29, 1.82) is 0 Å². The molecule has 2 amide bonds. The van der Waals surface area contributed by atoms with Crippen LogP contribution in [0.4, 0.5) is 4.39 Å². The molecule has 1 aliphatic carbocycles. The van der Waals surface area contributed by atoms with Gasteiger partial charge in [-0.1, -0.05) is 24.3 Å². The Labute approximate surface area is 147 Å². The van der Waals surface area contributed by atoms with Crippen LogP contribution >= 0.6 is 0 Å². The number of hydrogen-bond donors (Lipinski definition) is 0. The lowest BCUT2D eigenvalue weighted by Crippen LogP contribution is -2.39. The van der Waals surface area contributed by atoms with E-state index in [1.807, 2.05) is 15.9 Å². The van der Waals surface area contributed by atoms with Gasteiger partial charge in [-0.25, -0.2) is 4.39 Å². The molecule has 4 rings (SSSR count). The molecule has 0 aromatic heterocycles. The van der Waals surface area contributed by atoms with Crippen molar-refractivity contribution >= 4 is 11.8 Å². The van der Waals surface area contributed by atoms with Crippen molar-refractivity contribution in [3.8, 4) is 0 Å². The van der Waals surface area contributed by atoms with Crippen LogP contribution < -0.4 is 0 Å². The van der Waals surface area contributed by atoms with Gasteiger partial charge in [0.05, 0.1) is 5.41 Å². The highest BCUT2D eigenvalue weighted by atomic mass is 19.1. The van der Waals surface area contributed by atoms with Gasteiger partial charge in [-0.15, -0.1) is 0 Å². The smallest absolute Gasteiger partial charge is 0.231 e. The molecule has 5 heteroatoms. The second-order valence-corrected chi connectivity index (χ2v) is 7.54. The summed E-state index contributed by atoms with van der Waals surface area (Å²) in [6.45, 7) is 2.34. The molecule has 1 aromatic carbocycles. The van der Waals surface area contributed by atoms with Crippen LogP contribution in [0.3, 0.4) is 0 Å². The Morgan fingerprint density at radius 1 is 1.20 bits per heavy atom. The predicted octanol–water partition coefficient (Wildman–Crippen LogP) is 2.74. The minimum absolute atomic E-state index is 0.0649. The molecule has 25 heavy (non-hydrogen) atoms. The third-order valence-electron chi connectivity index (χ3n) is 5.89. The maximum atomic E-state index is 13.4. The normalized spacial score (nSPS) is 26.4. The van der Waals surface area contributed by atoms with Crippen molar-refractivity contribution in [3.63, 3.8) is 0 Å². The van der Waals surface area contributed by atoms with Crippen molar-refractivity contribution < 1.29 is 14.0 Å². The molecule has 2 saturated heterocycles. The van der Waals surface area contributed by atoms with Gasteiger partial charge >= 0.3 is 0 Å². The summed E-state index contributed by atoms with van der Waals surface area (Å²) in [6, 6.07) is 6.41. The molecule has 2 fully saturated rings. The maximum Gasteiger partial charge on any atom is 0.231 e. The minimum atomic E-state index is -0.422. The van der Waals surface area contributed by atoms with Crippen molar-refractivity contribution in [2.24, 2.45) is 11.3 Å². The van der Waals surface area contributed by atoms with Crippen LogP contribution in [0.5, 0.6) is 0 Å². The number of nitrogens with zero attached hydrogens (tertiary/aromatic N) is 2. The summed E-state index contributed by atoms with van der Waals surface area (Å²) in [7, 11) is 0. The topological polar surface area (TPSA) is 40.6 Å². The summed E-state index contributed by atoms with van der Waals surface area (Å²) in [5.74, 6) is 0.103. The average molecular weight is 342 g/mol. The van der Waals surface area contributed by atoms with Crippen molar-refractivity contribution in [3.05, 3.63) is 47.8 Å². The molecule has 1 spiro atoms. The largest absolute Gasteiger partial charge is 0.341 e. The summed E-state index contributed by atoms with van der Waals surface area (Å²) in [5.41, 5.74) is 0.392. The monoisotopic (exact) mass is 342 g/mol. The van der Waals surface area contributed by atoms with E-state index in [0.29, 0.717) is 26.2 Å². The fourth-order valence-electron chi connectivity index (χ4n) is 4.42. The molecular formula is C20H23FN2O2. The molecule has 132 valence electrons. The molecule has 3 aliphatic rings. The number of carbonyl (C=O) groups is 2. The molecule has 0 bridgehead atoms. The van der Waals surface area contributed by atoms with Gasteiger partial charge in [0, 0.05) is 32.1 Å². The highest BCUT2D eigenvalue weighted by molar-refractivity contribution is 5.87. The molecule has 0 saturated carbocycles. The SMILES string of the molecule is O=C(C1CC=CC1)N1CCC2(CCN(Cc3cccc(F)c3)C2=O)C1. The zero-order valence-electron chi connectivity index (χ0n) is 14.3. The summed E-state index contributed by atoms with van der Waals surface area (Å²) >= 11 is 0. The van der Waals surface area contributed by atoms with Crippen LogP contribution in [-0.2, 0) is 16.1 Å². The quantitative estimate of drug-likeness (QED) is 0.793. The van der Waals surface area contributed by atoms with Crippen molar-refractivity contribution in [1.82, 2.24) is 9.80 Å². The Morgan fingerprint density at radius 3 is 2.72 bits per heavy atom. The molecule has 2 heterocycles. The third kappa shape index (κ3) is 2.96. The van der Waals surface area contributed by atoms with E-state index in [9.17, 15) is 14.0 Å². The van der Waals surface area contributed by atoms with E-state index in [0.717, 1.165) is 31.2 Å². The summed E-state index contributed by atoms with van der Waals surface area (Å²) < 4.78 is 13.4. The van der Waals surface area contributed by atoms with Gasteiger partial charge in [-0.2, -0.15) is 0 Å². The maximum absolute atomic E-state index is 13.4. The lowest BCUT2D eigenvalue weighted by molar-refractivity contribution is -0.138. The standard InChI is InChI=1S/C20H23FN2O2/c21-17-7-3-4-15(12-17)13-22-10-8-20(19(22)25)9-11-23(14-20)18(24)16-5-1-2-6-16/h1-4,7,12,16H,5-6,8-11,13-14H2. The van der Waals surface area contributed by atoms with E-state index in [4.69, 9.17) is 0 Å². The van der Waals surface area contributed by atoms with E-state index in [-0.39, 0.29) is 23.5 Å². The molecule has 4 nitrogen and oxygen atoms in total. The first-order valence-electron chi connectivity index (χ1n) is 9.05. The van der Waals surface area contributed by atoms with E-state index in [1.54, 1.807) is 6.07 Å². The Kier molecular flexibility index (Phi) is 4.10. The number of hydrogen-bond acceptors (Lipinski definition) is 2. The molecule has 0 radical (unpaired) electrons. The van der Waals surface area contributed by atoms with E-state index in [1.165, 1.54) is 12.1 Å². The number of benzene rings is 1. The fourth-order valence-corrected chi connectivity index (χ4v) is 4.42. The van der Waals surface area contributed by atoms with Crippen LogP contribution in [0.2, 0.25) is 0 Å². The number of amides is 2. The van der Waals surface area contributed by atoms with Gasteiger partial charge in [-0.3, -0.25) is 9.59 Å². The summed E-state index contributed by atoms with van der Waals surface area (Å²) in [4.78, 5) is 29.3. The first-order valence-corrected chi connectivity index (χ1v) is 9.05. The second-order valence-electron chi connectivity index (χ2n) is 7.54. The predicted molar refractivity (Wildman–Crippen MR) is 91.9 cm³/mol. The Bertz CT molecular complexity index is 724. The van der Waals surface area contributed by atoms with Crippen LogP contribution in [0.25, 0.3) is 0 Å². The summed E-state index contributed by atoms with van der Waals surface area (Å²) in [5, 5.41) is 0. The fraction of sp³-hybridized carbons (Fsp3) is 0.500. The molecule has 0 N–H and O–H groups in total. The number of allylic oxidation sites excluding steroid dienone is 2. The zero-order valence-corrected chi connectivity index (χ0v) is 14.3. The first-order chi connectivity index (χ1) is 12.1. The lowest BCUT2D eigenvalue weighted by Gasteiger charge is -2.25. The van der Waals surface area contributed by atoms with Gasteiger partial charge in [0.25, 0.3) is 0 Å². The Hall–Kier alpha value is -2.17. The van der Waals surface area contributed by atoms with Gasteiger partial charge < -0.3 is 9.80 Å². The van der Waals surface area contributed by atoms with Crippen molar-refractivity contribution in [2.75, 3.05) is 19.6 Å². The van der Waals surface area contributed by atoms with Crippen LogP contribution in [0.1, 0.15) is 31.2 Å². The van der Waals surface area contributed by atoms with E-state index >= 15 is 0 Å². The molecular weight excluding hydrogens is 319 g/mol. The van der Waals surface area contributed by atoms with E-state index < -0.39 is 5.41 Å². The number of rotatable bonds is 3. The summed E-state index contributed by atoms with van der Waals surface area (Å²) in [6.07, 6.45) is 7.31. The highest BCUT2D eigenvalue weighted by Crippen LogP contribution is 2.42. The van der Waals surface area contributed by atoms with Gasteiger partial charge in [-0.05, 0) is 43.4 Å². The van der Waals surface area contributed by atoms with E-state index in [2.05, 4.69) is 12.2 Å². The Balaban J connectivity index is 1.42. The number of halogens is 1. The second kappa shape index (κ2) is 6.28. The van der Waals surface area contributed by atoms with Gasteiger partial charge in [0.1, 0.15) is 5.82 Å². The third-order valence-corrected chi connectivity index (χ3v) is 5.89. The highest BCUT2D eigenvalue weighted by Gasteiger charge is 2.51. The minimum Gasteiger partial charge on any atom is -0.341 e. The van der Waals surface area contributed by atoms with Crippen LogP contribution in [0, 0.1) is 17.2 Å². The molecule has 1 aromatic rings. The van der Waals surface area contributed by atoms with Crippen LogP contribution in [0.15, 0.2) is 36.4 Å². The van der Waals surface area contributed by atoms with Gasteiger partial charge in [0.2, 0.25) is 11.8 Å². The number of likely N-dealkylation sites (tertiary alicyclic amines) is 2. The molecule has 1 unspecified atom stereocenters. The van der Waals surface area contributed by atoms with Crippen molar-refractivity contribution in [2.45, 2.75) is 32.2 Å². The molecule has 1 atom stereocenters. The first kappa shape index (κ1) is 16.3. The van der Waals surface area contributed by atoms with Gasteiger partial charge in [0.15, 0.2) is 0 Å². The molecule has 2 aliphatic heterocycles. The average Bonchev–Trinajstić information content (AvgIpc) is 3.33. The van der Waals surface area contributed by atoms with Crippen LogP contribution in [-0.4, -0.2) is 41.2 Å². The zero-order chi connectivity index (χ0) is 17.4. The Morgan fingerprint density at radius 2 is 1.96 bits per heavy atom. The number of carbonyl (C=O) groups excluding carboxylic acids is 2. The lowest BCUT2D eigenvalue weighted by atomic mass is 9.85.